The molecule has 0 atom stereocenters. The van der Waals surface area contributed by atoms with Gasteiger partial charge < -0.3 is 11.5 Å². The average Bonchev–Trinajstić information content (AvgIpc) is 3.03. The van der Waals surface area contributed by atoms with Crippen molar-refractivity contribution < 1.29 is 4.40 Å². The van der Waals surface area contributed by atoms with Gasteiger partial charge in [0.05, 0.1) is 13.3 Å². The number of aryl methyl sites for hydroxylation is 1. The lowest BCUT2D eigenvalue weighted by Gasteiger charge is -1.98. The van der Waals surface area contributed by atoms with Crippen molar-refractivity contribution in [3.8, 4) is 11.3 Å². The maximum Gasteiger partial charge on any atom is 0.345 e. The number of benzene rings is 1. The minimum atomic E-state index is -0.0521. The van der Waals surface area contributed by atoms with Gasteiger partial charge in [0.25, 0.3) is 0 Å². The summed E-state index contributed by atoms with van der Waals surface area (Å²) in [5, 5.41) is 9.44. The number of hydrogen-bond donors (Lipinski definition) is 2. The first-order chi connectivity index (χ1) is 10.1. The van der Waals surface area contributed by atoms with Crippen LogP contribution >= 0.6 is 11.3 Å². The zero-order chi connectivity index (χ0) is 14.8. The Morgan fingerprint density at radius 3 is 2.71 bits per heavy atom. The second kappa shape index (κ2) is 5.37. The van der Waals surface area contributed by atoms with E-state index in [9.17, 15) is 0 Å². The van der Waals surface area contributed by atoms with Crippen LogP contribution in [0.3, 0.4) is 0 Å². The Kier molecular flexibility index (Phi) is 3.41. The molecule has 0 aliphatic rings. The zero-order valence-electron chi connectivity index (χ0n) is 11.5. The highest BCUT2D eigenvalue weighted by molar-refractivity contribution is 7.14. The van der Waals surface area contributed by atoms with Crippen LogP contribution < -0.4 is 15.9 Å². The van der Waals surface area contributed by atoms with Crippen LogP contribution in [0, 0.1) is 0 Å². The van der Waals surface area contributed by atoms with Crippen LogP contribution in [-0.2, 0) is 7.05 Å². The molecule has 0 aliphatic heterocycles. The van der Waals surface area contributed by atoms with Gasteiger partial charge in [0.1, 0.15) is 12.4 Å². The van der Waals surface area contributed by atoms with Crippen LogP contribution in [0.2, 0.25) is 0 Å². The SMILES string of the molecule is Cn1c(-c2ccc(/C=N/N=C(N)N)cc2)c[n+]2ccsc12. The fourth-order valence-electron chi connectivity index (χ4n) is 2.12. The highest BCUT2D eigenvalue weighted by atomic mass is 32.1. The molecule has 0 unspecified atom stereocenters. The molecule has 0 saturated carbocycles. The highest BCUT2D eigenvalue weighted by Gasteiger charge is 2.16. The summed E-state index contributed by atoms with van der Waals surface area (Å²) < 4.78 is 4.29. The summed E-state index contributed by atoms with van der Waals surface area (Å²) in [6.07, 6.45) is 5.79. The minimum Gasteiger partial charge on any atom is -0.369 e. The molecule has 0 bridgehead atoms. The molecule has 3 rings (SSSR count). The molecule has 4 N–H and O–H groups in total. The van der Waals surface area contributed by atoms with Gasteiger partial charge in [0.15, 0.2) is 5.69 Å². The fourth-order valence-corrected chi connectivity index (χ4v) is 2.93. The van der Waals surface area contributed by atoms with Gasteiger partial charge >= 0.3 is 4.96 Å². The van der Waals surface area contributed by atoms with Gasteiger partial charge in [-0.15, -0.1) is 5.10 Å². The molecule has 6 nitrogen and oxygen atoms in total. The standard InChI is InChI=1S/C14H15N6S/c1-19-12(9-20-6-7-21-14(19)20)11-4-2-10(3-5-11)8-17-18-13(15)16/h2-9H,1H3,(H4,15,16,18)/q+1/b17-8+. The van der Waals surface area contributed by atoms with Crippen molar-refractivity contribution in [2.75, 3.05) is 0 Å². The van der Waals surface area contributed by atoms with Gasteiger partial charge in [0.2, 0.25) is 5.96 Å². The van der Waals surface area contributed by atoms with Crippen LogP contribution in [0.15, 0.2) is 52.2 Å². The normalized spacial score (nSPS) is 11.3. The third-order valence-electron chi connectivity index (χ3n) is 3.11. The average molecular weight is 299 g/mol. The number of thiazole rings is 1. The molecule has 21 heavy (non-hydrogen) atoms. The molecule has 0 radical (unpaired) electrons. The largest absolute Gasteiger partial charge is 0.369 e. The smallest absolute Gasteiger partial charge is 0.345 e. The van der Waals surface area contributed by atoms with Crippen molar-refractivity contribution in [2.24, 2.45) is 28.7 Å². The first kappa shape index (κ1) is 13.3. The number of nitrogens with zero attached hydrogens (tertiary/aromatic N) is 4. The molecular weight excluding hydrogens is 284 g/mol. The van der Waals surface area contributed by atoms with Crippen LogP contribution in [0.5, 0.6) is 0 Å². The molecule has 0 amide bonds. The van der Waals surface area contributed by atoms with E-state index in [1.54, 1.807) is 17.6 Å². The summed E-state index contributed by atoms with van der Waals surface area (Å²) >= 11 is 1.71. The Balaban J connectivity index is 1.90. The molecule has 0 spiro atoms. The van der Waals surface area contributed by atoms with E-state index in [-0.39, 0.29) is 5.96 Å². The number of guanidine groups is 1. The van der Waals surface area contributed by atoms with E-state index >= 15 is 0 Å². The lowest BCUT2D eigenvalue weighted by Crippen LogP contribution is -2.21. The van der Waals surface area contributed by atoms with Gasteiger partial charge in [-0.25, -0.2) is 4.57 Å². The number of nitrogens with two attached hydrogens (primary N) is 2. The molecular formula is C14H15N6S+. The quantitative estimate of drug-likeness (QED) is 0.328. The van der Waals surface area contributed by atoms with Crippen molar-refractivity contribution in [3.05, 3.63) is 47.6 Å². The molecule has 3 aromatic rings. The maximum atomic E-state index is 5.21. The Morgan fingerprint density at radius 2 is 2.05 bits per heavy atom. The molecule has 2 aromatic heterocycles. The highest BCUT2D eigenvalue weighted by Crippen LogP contribution is 2.21. The number of fused-ring (bicyclic) bond motifs is 1. The summed E-state index contributed by atoms with van der Waals surface area (Å²) in [4.78, 5) is 1.20. The van der Waals surface area contributed by atoms with Gasteiger partial charge in [-0.1, -0.05) is 23.5 Å². The lowest BCUT2D eigenvalue weighted by molar-refractivity contribution is -0.505. The van der Waals surface area contributed by atoms with Crippen molar-refractivity contribution in [1.29, 1.82) is 0 Å². The van der Waals surface area contributed by atoms with E-state index in [0.29, 0.717) is 0 Å². The minimum absolute atomic E-state index is 0.0521. The van der Waals surface area contributed by atoms with Crippen molar-refractivity contribution >= 4 is 28.5 Å². The summed E-state index contributed by atoms with van der Waals surface area (Å²) in [6.45, 7) is 0. The third kappa shape index (κ3) is 2.63. The molecule has 0 aliphatic carbocycles. The predicted molar refractivity (Wildman–Crippen MR) is 85.3 cm³/mol. The number of imidazole rings is 1. The second-order valence-corrected chi connectivity index (χ2v) is 5.43. The van der Waals surface area contributed by atoms with Crippen LogP contribution in [0.4, 0.5) is 0 Å². The van der Waals surface area contributed by atoms with E-state index < -0.39 is 0 Å². The van der Waals surface area contributed by atoms with E-state index in [0.717, 1.165) is 16.8 Å². The maximum absolute atomic E-state index is 5.21. The first-order valence-corrected chi connectivity index (χ1v) is 7.20. The van der Waals surface area contributed by atoms with Gasteiger partial charge in [0, 0.05) is 10.9 Å². The molecule has 2 heterocycles. The Morgan fingerprint density at radius 1 is 1.29 bits per heavy atom. The monoisotopic (exact) mass is 299 g/mol. The molecule has 106 valence electrons. The molecule has 7 heteroatoms. The second-order valence-electron chi connectivity index (χ2n) is 4.56. The predicted octanol–water partition coefficient (Wildman–Crippen LogP) is 1.10. The Labute approximate surface area is 125 Å². The third-order valence-corrected chi connectivity index (χ3v) is 4.07. The van der Waals surface area contributed by atoms with Crippen molar-refractivity contribution in [1.82, 2.24) is 4.57 Å². The van der Waals surface area contributed by atoms with E-state index in [4.69, 9.17) is 11.5 Å². The molecule has 0 fully saturated rings. The zero-order valence-corrected chi connectivity index (χ0v) is 12.3. The summed E-state index contributed by atoms with van der Waals surface area (Å²) in [7, 11) is 2.06. The van der Waals surface area contributed by atoms with Gasteiger partial charge in [-0.05, 0) is 17.7 Å². The van der Waals surface area contributed by atoms with Crippen molar-refractivity contribution in [3.63, 3.8) is 0 Å². The number of hydrogen-bond acceptors (Lipinski definition) is 3. The Hall–Kier alpha value is -2.67. The van der Waals surface area contributed by atoms with E-state index in [1.165, 1.54) is 4.96 Å². The van der Waals surface area contributed by atoms with E-state index in [1.807, 2.05) is 12.1 Å². The topological polar surface area (TPSA) is 85.8 Å². The van der Waals surface area contributed by atoms with Crippen LogP contribution in [-0.4, -0.2) is 16.7 Å². The lowest BCUT2D eigenvalue weighted by atomic mass is 10.1. The van der Waals surface area contributed by atoms with Gasteiger partial charge in [-0.3, -0.25) is 0 Å². The summed E-state index contributed by atoms with van der Waals surface area (Å²) in [5.74, 6) is -0.0521. The molecule has 1 aromatic carbocycles. The summed E-state index contributed by atoms with van der Waals surface area (Å²) in [5.41, 5.74) is 13.7. The Bertz CT molecular complexity index is 821. The summed E-state index contributed by atoms with van der Waals surface area (Å²) in [6, 6.07) is 8.06. The van der Waals surface area contributed by atoms with Crippen molar-refractivity contribution in [2.45, 2.75) is 0 Å². The number of aromatic nitrogens is 2. The fraction of sp³-hybridized carbons (Fsp3) is 0.0714. The van der Waals surface area contributed by atoms with Crippen LogP contribution in [0.1, 0.15) is 5.56 Å². The van der Waals surface area contributed by atoms with Gasteiger partial charge in [-0.2, -0.15) is 9.50 Å². The van der Waals surface area contributed by atoms with E-state index in [2.05, 4.69) is 56.1 Å². The first-order valence-electron chi connectivity index (χ1n) is 6.32. The molecule has 0 saturated heterocycles. The van der Waals surface area contributed by atoms with Crippen LogP contribution in [0.25, 0.3) is 16.2 Å². The number of rotatable bonds is 3.